The standard InChI is InChI=1S/C18H21ClFO4P/c1-4-5-6-13-7-8-15(17(20)16(13)19)24-18-11(2)9-14(10-12(18)3)25(21,22)23/h7-10H,4-6H2,1-3H3,(H2,21,22,23). The fraction of sp³-hybridized carbons (Fsp3) is 0.333. The lowest BCUT2D eigenvalue weighted by Gasteiger charge is -2.16. The van der Waals surface area contributed by atoms with Crippen molar-refractivity contribution in [2.24, 2.45) is 0 Å². The van der Waals surface area contributed by atoms with E-state index in [1.54, 1.807) is 19.9 Å². The molecule has 2 aromatic rings. The third-order valence-corrected chi connectivity index (χ3v) is 5.26. The van der Waals surface area contributed by atoms with Crippen LogP contribution in [0.5, 0.6) is 11.5 Å². The molecule has 0 aliphatic rings. The van der Waals surface area contributed by atoms with Gasteiger partial charge >= 0.3 is 7.60 Å². The second kappa shape index (κ2) is 7.88. The first kappa shape index (κ1) is 19.9. The number of benzene rings is 2. The third-order valence-electron chi connectivity index (χ3n) is 3.92. The summed E-state index contributed by atoms with van der Waals surface area (Å²) in [5, 5.41) is -0.0450. The summed E-state index contributed by atoms with van der Waals surface area (Å²) in [6, 6.07) is 5.96. The van der Waals surface area contributed by atoms with Crippen LogP contribution in [0.25, 0.3) is 0 Å². The molecule has 0 atom stereocenters. The summed E-state index contributed by atoms with van der Waals surface area (Å²) in [5.41, 5.74) is 1.74. The molecule has 0 fully saturated rings. The molecule has 0 aliphatic carbocycles. The number of aryl methyl sites for hydroxylation is 3. The van der Waals surface area contributed by atoms with Gasteiger partial charge in [-0.2, -0.15) is 0 Å². The van der Waals surface area contributed by atoms with Gasteiger partial charge in [0.05, 0.1) is 10.3 Å². The van der Waals surface area contributed by atoms with Crippen LogP contribution in [0.4, 0.5) is 4.39 Å². The maximum absolute atomic E-state index is 14.5. The predicted molar refractivity (Wildman–Crippen MR) is 97.7 cm³/mol. The minimum absolute atomic E-state index is 0.0135. The molecule has 136 valence electrons. The second-order valence-corrected chi connectivity index (χ2v) is 7.99. The van der Waals surface area contributed by atoms with Crippen molar-refractivity contribution in [3.8, 4) is 11.5 Å². The summed E-state index contributed by atoms with van der Waals surface area (Å²) < 4.78 is 31.6. The Balaban J connectivity index is 2.37. The monoisotopic (exact) mass is 386 g/mol. The van der Waals surface area contributed by atoms with Crippen LogP contribution in [0, 0.1) is 19.7 Å². The molecule has 2 rings (SSSR count). The molecule has 0 saturated carbocycles. The highest BCUT2D eigenvalue weighted by Gasteiger charge is 2.21. The number of unbranched alkanes of at least 4 members (excludes halogenated alkanes) is 1. The fourth-order valence-electron chi connectivity index (χ4n) is 2.58. The lowest BCUT2D eigenvalue weighted by atomic mass is 10.1. The molecule has 0 bridgehead atoms. The molecule has 0 radical (unpaired) electrons. The van der Waals surface area contributed by atoms with E-state index in [4.69, 9.17) is 16.3 Å². The fourth-order valence-corrected chi connectivity index (χ4v) is 3.55. The highest BCUT2D eigenvalue weighted by molar-refractivity contribution is 7.60. The SMILES string of the molecule is CCCCc1ccc(Oc2c(C)cc(P(=O)(O)O)cc2C)c(F)c1Cl. The molecular weight excluding hydrogens is 366 g/mol. The van der Waals surface area contributed by atoms with Crippen molar-refractivity contribution >= 4 is 24.5 Å². The number of rotatable bonds is 6. The van der Waals surface area contributed by atoms with Crippen LogP contribution in [0.2, 0.25) is 5.02 Å². The zero-order valence-corrected chi connectivity index (χ0v) is 16.0. The summed E-state index contributed by atoms with van der Waals surface area (Å²) in [4.78, 5) is 18.6. The largest absolute Gasteiger partial charge is 0.454 e. The van der Waals surface area contributed by atoms with Crippen molar-refractivity contribution < 1.29 is 23.5 Å². The Morgan fingerprint density at radius 3 is 2.32 bits per heavy atom. The van der Waals surface area contributed by atoms with Gasteiger partial charge in [-0.25, -0.2) is 4.39 Å². The third kappa shape index (κ3) is 4.62. The Labute approximate surface area is 151 Å². The van der Waals surface area contributed by atoms with Gasteiger partial charge < -0.3 is 14.5 Å². The summed E-state index contributed by atoms with van der Waals surface area (Å²) >= 11 is 6.11. The molecule has 0 saturated heterocycles. The zero-order valence-electron chi connectivity index (χ0n) is 14.3. The van der Waals surface area contributed by atoms with E-state index in [-0.39, 0.29) is 16.1 Å². The number of ether oxygens (including phenoxy) is 1. The second-order valence-electron chi connectivity index (χ2n) is 6.01. The van der Waals surface area contributed by atoms with Gasteiger partial charge in [0.15, 0.2) is 11.6 Å². The highest BCUT2D eigenvalue weighted by Crippen LogP contribution is 2.38. The van der Waals surface area contributed by atoms with E-state index < -0.39 is 13.4 Å². The Morgan fingerprint density at radius 1 is 1.20 bits per heavy atom. The van der Waals surface area contributed by atoms with Gasteiger partial charge in [-0.1, -0.05) is 31.0 Å². The summed E-state index contributed by atoms with van der Waals surface area (Å²) in [7, 11) is -4.36. The van der Waals surface area contributed by atoms with Crippen LogP contribution in [0.1, 0.15) is 36.5 Å². The number of hydrogen-bond donors (Lipinski definition) is 2. The minimum atomic E-state index is -4.36. The average Bonchev–Trinajstić information content (AvgIpc) is 2.52. The van der Waals surface area contributed by atoms with Gasteiger partial charge in [-0.3, -0.25) is 4.57 Å². The lowest BCUT2D eigenvalue weighted by molar-refractivity contribution is 0.387. The van der Waals surface area contributed by atoms with Gasteiger partial charge in [0.1, 0.15) is 5.75 Å². The van der Waals surface area contributed by atoms with Gasteiger partial charge in [0.25, 0.3) is 0 Å². The first-order valence-electron chi connectivity index (χ1n) is 7.97. The van der Waals surface area contributed by atoms with E-state index in [9.17, 15) is 18.7 Å². The van der Waals surface area contributed by atoms with Crippen LogP contribution < -0.4 is 10.0 Å². The molecule has 0 spiro atoms. The lowest BCUT2D eigenvalue weighted by Crippen LogP contribution is -2.07. The Morgan fingerprint density at radius 2 is 1.80 bits per heavy atom. The molecule has 0 aliphatic heterocycles. The van der Waals surface area contributed by atoms with Gasteiger partial charge in [-0.05, 0) is 61.6 Å². The predicted octanol–water partition coefficient (Wildman–Crippen LogP) is 5.03. The van der Waals surface area contributed by atoms with Crippen molar-refractivity contribution in [3.63, 3.8) is 0 Å². The van der Waals surface area contributed by atoms with E-state index >= 15 is 0 Å². The van der Waals surface area contributed by atoms with E-state index in [2.05, 4.69) is 6.92 Å². The maximum Gasteiger partial charge on any atom is 0.356 e. The summed E-state index contributed by atoms with van der Waals surface area (Å²) in [5.74, 6) is -0.290. The van der Waals surface area contributed by atoms with Crippen LogP contribution in [0.3, 0.4) is 0 Å². The van der Waals surface area contributed by atoms with Crippen molar-refractivity contribution in [2.45, 2.75) is 40.0 Å². The normalized spacial score (nSPS) is 11.6. The molecule has 4 nitrogen and oxygen atoms in total. The molecule has 2 aromatic carbocycles. The topological polar surface area (TPSA) is 66.8 Å². The van der Waals surface area contributed by atoms with Gasteiger partial charge in [-0.15, -0.1) is 0 Å². The molecule has 0 aromatic heterocycles. The Hall–Kier alpha value is -1.39. The molecule has 2 N–H and O–H groups in total. The zero-order chi connectivity index (χ0) is 18.8. The van der Waals surface area contributed by atoms with Gasteiger partial charge in [0, 0.05) is 0 Å². The quantitative estimate of drug-likeness (QED) is 0.683. The smallest absolute Gasteiger partial charge is 0.356 e. The molecule has 7 heteroatoms. The van der Waals surface area contributed by atoms with Crippen LogP contribution in [-0.2, 0) is 11.0 Å². The van der Waals surface area contributed by atoms with E-state index in [1.165, 1.54) is 18.2 Å². The van der Waals surface area contributed by atoms with Crippen molar-refractivity contribution in [1.82, 2.24) is 0 Å². The Bertz CT molecular complexity index is 809. The first-order valence-corrected chi connectivity index (χ1v) is 9.96. The van der Waals surface area contributed by atoms with Crippen LogP contribution in [-0.4, -0.2) is 9.79 Å². The molecule has 25 heavy (non-hydrogen) atoms. The van der Waals surface area contributed by atoms with E-state index in [0.717, 1.165) is 18.4 Å². The van der Waals surface area contributed by atoms with E-state index in [1.807, 2.05) is 0 Å². The Kier molecular flexibility index (Phi) is 6.28. The van der Waals surface area contributed by atoms with Crippen LogP contribution in [0.15, 0.2) is 24.3 Å². The van der Waals surface area contributed by atoms with Crippen molar-refractivity contribution in [2.75, 3.05) is 0 Å². The minimum Gasteiger partial charge on any atom is -0.454 e. The van der Waals surface area contributed by atoms with Crippen molar-refractivity contribution in [3.05, 3.63) is 51.8 Å². The molecule has 0 heterocycles. The summed E-state index contributed by atoms with van der Waals surface area (Å²) in [6.45, 7) is 5.35. The molecular formula is C18H21ClFO4P. The maximum atomic E-state index is 14.5. The number of hydrogen-bond acceptors (Lipinski definition) is 2. The average molecular weight is 387 g/mol. The summed E-state index contributed by atoms with van der Waals surface area (Å²) in [6.07, 6.45) is 2.60. The van der Waals surface area contributed by atoms with E-state index in [0.29, 0.717) is 23.3 Å². The van der Waals surface area contributed by atoms with Gasteiger partial charge in [0.2, 0.25) is 0 Å². The highest BCUT2D eigenvalue weighted by atomic mass is 35.5. The van der Waals surface area contributed by atoms with Crippen LogP contribution >= 0.6 is 19.2 Å². The first-order chi connectivity index (χ1) is 11.6. The molecule has 0 unspecified atom stereocenters. The molecule has 0 amide bonds. The van der Waals surface area contributed by atoms with Crippen molar-refractivity contribution in [1.29, 1.82) is 0 Å². The number of halogens is 2.